The van der Waals surface area contributed by atoms with Gasteiger partial charge >= 0.3 is 0 Å². The number of ether oxygens (including phenoxy) is 1. The van der Waals surface area contributed by atoms with Crippen molar-refractivity contribution >= 4 is 0 Å². The molecule has 1 rings (SSSR count). The second-order valence-electron chi connectivity index (χ2n) is 3.51. The summed E-state index contributed by atoms with van der Waals surface area (Å²) in [5, 5.41) is 0. The molecule has 0 radical (unpaired) electrons. The number of benzene rings is 1. The Morgan fingerprint density at radius 1 is 1.53 bits per heavy atom. The summed E-state index contributed by atoms with van der Waals surface area (Å²) in [6.45, 7) is 2.40. The molecule has 0 heterocycles. The lowest BCUT2D eigenvalue weighted by atomic mass is 10.0. The van der Waals surface area contributed by atoms with Gasteiger partial charge in [-0.15, -0.1) is 6.42 Å². The molecule has 0 aliphatic heterocycles. The molecule has 2 nitrogen and oxygen atoms in total. The molecule has 1 unspecified atom stereocenters. The van der Waals surface area contributed by atoms with Crippen LogP contribution in [0, 0.1) is 12.3 Å². The van der Waals surface area contributed by atoms with Crippen LogP contribution in [-0.2, 0) is 6.42 Å². The van der Waals surface area contributed by atoms with Crippen molar-refractivity contribution < 1.29 is 4.74 Å². The lowest BCUT2D eigenvalue weighted by Gasteiger charge is -2.09. The van der Waals surface area contributed by atoms with Gasteiger partial charge < -0.3 is 10.5 Å². The molecule has 2 heteroatoms. The first-order valence-electron chi connectivity index (χ1n) is 5.17. The van der Waals surface area contributed by atoms with Crippen LogP contribution in [0.1, 0.15) is 18.9 Å². The first-order chi connectivity index (χ1) is 7.26. The van der Waals surface area contributed by atoms with E-state index in [9.17, 15) is 0 Å². The lowest BCUT2D eigenvalue weighted by Crippen LogP contribution is -2.21. The first-order valence-corrected chi connectivity index (χ1v) is 5.17. The molecule has 1 atom stereocenters. The summed E-state index contributed by atoms with van der Waals surface area (Å²) < 4.78 is 5.33. The van der Waals surface area contributed by atoms with Gasteiger partial charge in [0.25, 0.3) is 0 Å². The molecule has 0 spiro atoms. The van der Waals surface area contributed by atoms with Crippen LogP contribution in [0.25, 0.3) is 0 Å². The summed E-state index contributed by atoms with van der Waals surface area (Å²) in [7, 11) is 0. The predicted octanol–water partition coefficient (Wildman–Crippen LogP) is 1.98. The zero-order valence-electron chi connectivity index (χ0n) is 9.07. The molecule has 0 aliphatic carbocycles. The smallest absolute Gasteiger partial charge is 0.148 e. The average Bonchev–Trinajstić information content (AvgIpc) is 2.26. The van der Waals surface area contributed by atoms with Crippen molar-refractivity contribution in [2.45, 2.75) is 25.8 Å². The van der Waals surface area contributed by atoms with E-state index >= 15 is 0 Å². The third kappa shape index (κ3) is 4.05. The van der Waals surface area contributed by atoms with E-state index in [1.54, 1.807) is 0 Å². The van der Waals surface area contributed by atoms with Crippen LogP contribution in [0.5, 0.6) is 5.75 Å². The molecule has 0 amide bonds. The van der Waals surface area contributed by atoms with Crippen LogP contribution in [-0.4, -0.2) is 12.6 Å². The summed E-state index contributed by atoms with van der Waals surface area (Å²) in [5.41, 5.74) is 7.08. The van der Waals surface area contributed by atoms with Gasteiger partial charge in [-0.3, -0.25) is 0 Å². The quantitative estimate of drug-likeness (QED) is 0.743. The standard InChI is InChI=1S/C13H17NO/c1-3-8-15-13-7-5-6-11(10-13)9-12(14)4-2/h1,5-7,10,12H,4,8-9,14H2,2H3. The molecule has 0 aliphatic rings. The van der Waals surface area contributed by atoms with Crippen LogP contribution in [0.3, 0.4) is 0 Å². The van der Waals surface area contributed by atoms with Crippen LogP contribution in [0.4, 0.5) is 0 Å². The van der Waals surface area contributed by atoms with E-state index in [2.05, 4.69) is 18.9 Å². The maximum Gasteiger partial charge on any atom is 0.148 e. The van der Waals surface area contributed by atoms with Crippen molar-refractivity contribution in [1.82, 2.24) is 0 Å². The molecule has 0 saturated heterocycles. The van der Waals surface area contributed by atoms with E-state index in [0.717, 1.165) is 18.6 Å². The number of nitrogens with two attached hydrogens (primary N) is 1. The van der Waals surface area contributed by atoms with Crippen molar-refractivity contribution in [2.24, 2.45) is 5.73 Å². The second kappa shape index (κ2) is 6.10. The highest BCUT2D eigenvalue weighted by Crippen LogP contribution is 2.14. The van der Waals surface area contributed by atoms with E-state index < -0.39 is 0 Å². The average molecular weight is 203 g/mol. The third-order valence-electron chi connectivity index (χ3n) is 2.24. The van der Waals surface area contributed by atoms with E-state index in [-0.39, 0.29) is 6.04 Å². The SMILES string of the molecule is C#CCOc1cccc(CC(N)CC)c1. The zero-order chi connectivity index (χ0) is 11.1. The van der Waals surface area contributed by atoms with Crippen molar-refractivity contribution in [3.63, 3.8) is 0 Å². The Labute approximate surface area is 91.4 Å². The summed E-state index contributed by atoms with van der Waals surface area (Å²) in [6.07, 6.45) is 6.98. The number of hydrogen-bond acceptors (Lipinski definition) is 2. The lowest BCUT2D eigenvalue weighted by molar-refractivity contribution is 0.370. The first kappa shape index (κ1) is 11.6. The maximum atomic E-state index is 5.88. The van der Waals surface area contributed by atoms with Crippen molar-refractivity contribution in [1.29, 1.82) is 0 Å². The fraction of sp³-hybridized carbons (Fsp3) is 0.385. The molecule has 0 aromatic heterocycles. The zero-order valence-corrected chi connectivity index (χ0v) is 9.07. The summed E-state index contributed by atoms with van der Waals surface area (Å²) in [4.78, 5) is 0. The minimum absolute atomic E-state index is 0.216. The molecule has 2 N–H and O–H groups in total. The van der Waals surface area contributed by atoms with E-state index in [1.165, 1.54) is 5.56 Å². The minimum atomic E-state index is 0.216. The highest BCUT2D eigenvalue weighted by Gasteiger charge is 2.02. The molecule has 80 valence electrons. The molecular weight excluding hydrogens is 186 g/mol. The van der Waals surface area contributed by atoms with E-state index in [0.29, 0.717) is 6.61 Å². The third-order valence-corrected chi connectivity index (χ3v) is 2.24. The summed E-state index contributed by atoms with van der Waals surface area (Å²) >= 11 is 0. The molecule has 1 aromatic rings. The molecule has 0 bridgehead atoms. The molecule has 0 fully saturated rings. The Bertz CT molecular complexity index is 341. The number of rotatable bonds is 5. The molecule has 15 heavy (non-hydrogen) atoms. The van der Waals surface area contributed by atoms with E-state index in [4.69, 9.17) is 16.9 Å². The van der Waals surface area contributed by atoms with Gasteiger partial charge in [0.05, 0.1) is 0 Å². The molecule has 1 aromatic carbocycles. The minimum Gasteiger partial charge on any atom is -0.481 e. The molecule has 0 saturated carbocycles. The largest absolute Gasteiger partial charge is 0.481 e. The van der Waals surface area contributed by atoms with Gasteiger partial charge in [-0.1, -0.05) is 25.0 Å². The van der Waals surface area contributed by atoms with Crippen molar-refractivity contribution in [2.75, 3.05) is 6.61 Å². The van der Waals surface area contributed by atoms with Crippen LogP contribution >= 0.6 is 0 Å². The maximum absolute atomic E-state index is 5.88. The summed E-state index contributed by atoms with van der Waals surface area (Å²) in [5.74, 6) is 3.25. The van der Waals surface area contributed by atoms with Gasteiger partial charge in [0.15, 0.2) is 0 Å². The summed E-state index contributed by atoms with van der Waals surface area (Å²) in [6, 6.07) is 8.13. The van der Waals surface area contributed by atoms with Gasteiger partial charge in [-0.05, 0) is 30.5 Å². The second-order valence-corrected chi connectivity index (χ2v) is 3.51. The Morgan fingerprint density at radius 3 is 3.00 bits per heavy atom. The Hall–Kier alpha value is -1.46. The predicted molar refractivity (Wildman–Crippen MR) is 62.7 cm³/mol. The van der Waals surface area contributed by atoms with Gasteiger partial charge in [0.1, 0.15) is 12.4 Å². The fourth-order valence-electron chi connectivity index (χ4n) is 1.33. The van der Waals surface area contributed by atoms with Gasteiger partial charge in [-0.25, -0.2) is 0 Å². The number of hydrogen-bond donors (Lipinski definition) is 1. The number of terminal acetylenes is 1. The Balaban J connectivity index is 2.62. The van der Waals surface area contributed by atoms with Crippen molar-refractivity contribution in [3.05, 3.63) is 29.8 Å². The Morgan fingerprint density at radius 2 is 2.33 bits per heavy atom. The monoisotopic (exact) mass is 203 g/mol. The van der Waals surface area contributed by atoms with Crippen molar-refractivity contribution in [3.8, 4) is 18.1 Å². The fourth-order valence-corrected chi connectivity index (χ4v) is 1.33. The van der Waals surface area contributed by atoms with E-state index in [1.807, 2.05) is 18.2 Å². The normalized spacial score (nSPS) is 11.8. The van der Waals surface area contributed by atoms with Gasteiger partial charge in [-0.2, -0.15) is 0 Å². The molecular formula is C13H17NO. The van der Waals surface area contributed by atoms with Crippen LogP contribution in [0.2, 0.25) is 0 Å². The van der Waals surface area contributed by atoms with Crippen LogP contribution in [0.15, 0.2) is 24.3 Å². The Kier molecular flexibility index (Phi) is 4.73. The highest BCUT2D eigenvalue weighted by atomic mass is 16.5. The van der Waals surface area contributed by atoms with Gasteiger partial charge in [0, 0.05) is 6.04 Å². The highest BCUT2D eigenvalue weighted by molar-refractivity contribution is 5.29. The van der Waals surface area contributed by atoms with Crippen LogP contribution < -0.4 is 10.5 Å². The van der Waals surface area contributed by atoms with Gasteiger partial charge in [0.2, 0.25) is 0 Å². The topological polar surface area (TPSA) is 35.2 Å².